The number of nitrogens with zero attached hydrogens (tertiary/aromatic N) is 2. The number of rotatable bonds is 3. The van der Waals surface area contributed by atoms with Crippen molar-refractivity contribution in [1.29, 1.82) is 0 Å². The highest BCUT2D eigenvalue weighted by atomic mass is 16.6. The summed E-state index contributed by atoms with van der Waals surface area (Å²) in [5, 5.41) is 25.7. The van der Waals surface area contributed by atoms with Gasteiger partial charge in [-0.15, -0.1) is 0 Å². The largest absolute Gasteiger partial charge is 0.393 e. The number of oxime groups is 1. The second-order valence-electron chi connectivity index (χ2n) is 9.90. The van der Waals surface area contributed by atoms with Gasteiger partial charge in [-0.3, -0.25) is 10.1 Å². The van der Waals surface area contributed by atoms with Crippen LogP contribution in [0.3, 0.4) is 0 Å². The molecule has 0 spiro atoms. The molecule has 5 unspecified atom stereocenters. The van der Waals surface area contributed by atoms with Crippen molar-refractivity contribution >= 4 is 11.4 Å². The van der Waals surface area contributed by atoms with Crippen LogP contribution >= 0.6 is 0 Å². The molecule has 3 saturated carbocycles. The van der Waals surface area contributed by atoms with E-state index in [1.807, 2.05) is 0 Å². The quantitative estimate of drug-likeness (QED) is 0.544. The smallest absolute Gasteiger partial charge is 0.269 e. The molecule has 0 heterocycles. The van der Waals surface area contributed by atoms with E-state index < -0.39 is 4.92 Å². The predicted octanol–water partition coefficient (Wildman–Crippen LogP) is 5.26. The molecule has 0 aromatic heterocycles. The summed E-state index contributed by atoms with van der Waals surface area (Å²) in [5.74, 6) is 3.38. The molecule has 30 heavy (non-hydrogen) atoms. The molecule has 4 aliphatic rings. The van der Waals surface area contributed by atoms with Crippen molar-refractivity contribution in [3.8, 4) is 5.75 Å². The zero-order valence-electron chi connectivity index (χ0n) is 17.5. The maximum absolute atomic E-state index is 10.8. The lowest BCUT2D eigenvalue weighted by molar-refractivity contribution is -0.384. The normalized spacial score (nSPS) is 38.9. The summed E-state index contributed by atoms with van der Waals surface area (Å²) in [6.07, 6.45) is 11.1. The number of aliphatic hydroxyl groups excluding tert-OH is 1. The van der Waals surface area contributed by atoms with E-state index in [1.165, 1.54) is 37.0 Å². The van der Waals surface area contributed by atoms with Crippen LogP contribution in [0.25, 0.3) is 0 Å². The van der Waals surface area contributed by atoms with E-state index in [4.69, 9.17) is 4.84 Å². The standard InChI is InChI=1S/C24H30N2O4/c1-24-13-12-20-19-9-3-16(25-30-18-6-4-17(5-7-18)26(28)29)14-15(19)2-8-21(20)22(24)10-11-23(24)27/h4-7,14,19-23,27H,2-3,8-13H2,1H3/b25-16+/t19?,20?,21?,22?,23-,24?/m0/s1. The Morgan fingerprint density at radius 1 is 1.10 bits per heavy atom. The van der Waals surface area contributed by atoms with Crippen LogP contribution < -0.4 is 4.84 Å². The van der Waals surface area contributed by atoms with Crippen molar-refractivity contribution in [2.24, 2.45) is 34.2 Å². The number of hydrogen-bond acceptors (Lipinski definition) is 5. The first-order valence-corrected chi connectivity index (χ1v) is 11.3. The number of aliphatic hydroxyl groups is 1. The van der Waals surface area contributed by atoms with E-state index in [2.05, 4.69) is 18.2 Å². The molecule has 0 bridgehead atoms. The van der Waals surface area contributed by atoms with Crippen LogP contribution in [0.4, 0.5) is 5.69 Å². The van der Waals surface area contributed by atoms with Gasteiger partial charge in [-0.25, -0.2) is 0 Å². The van der Waals surface area contributed by atoms with E-state index in [0.717, 1.165) is 49.7 Å². The maximum Gasteiger partial charge on any atom is 0.269 e. The van der Waals surface area contributed by atoms with Gasteiger partial charge in [0.15, 0.2) is 5.75 Å². The highest BCUT2D eigenvalue weighted by molar-refractivity contribution is 5.96. The van der Waals surface area contributed by atoms with Gasteiger partial charge in [0, 0.05) is 12.1 Å². The number of allylic oxidation sites excluding steroid dienone is 2. The third-order valence-electron chi connectivity index (χ3n) is 8.58. The third-order valence-corrected chi connectivity index (χ3v) is 8.58. The molecule has 0 aliphatic heterocycles. The number of hydrogen-bond donors (Lipinski definition) is 1. The summed E-state index contributed by atoms with van der Waals surface area (Å²) in [4.78, 5) is 15.9. The molecule has 5 rings (SSSR count). The molecule has 4 aliphatic carbocycles. The molecular formula is C24H30N2O4. The van der Waals surface area contributed by atoms with Crippen LogP contribution in [0.15, 0.2) is 41.1 Å². The summed E-state index contributed by atoms with van der Waals surface area (Å²) in [6.45, 7) is 2.33. The lowest BCUT2D eigenvalue weighted by Crippen LogP contribution is -2.47. The van der Waals surface area contributed by atoms with Gasteiger partial charge >= 0.3 is 0 Å². The van der Waals surface area contributed by atoms with E-state index in [1.54, 1.807) is 12.1 Å². The minimum atomic E-state index is -0.419. The average Bonchev–Trinajstić information content (AvgIpc) is 3.06. The molecule has 1 aromatic rings. The van der Waals surface area contributed by atoms with Gasteiger partial charge in [0.1, 0.15) is 0 Å². The van der Waals surface area contributed by atoms with E-state index in [0.29, 0.717) is 17.6 Å². The summed E-state index contributed by atoms with van der Waals surface area (Å²) < 4.78 is 0. The van der Waals surface area contributed by atoms with Crippen molar-refractivity contribution in [1.82, 2.24) is 0 Å². The van der Waals surface area contributed by atoms with Gasteiger partial charge in [-0.2, -0.15) is 0 Å². The second-order valence-corrected chi connectivity index (χ2v) is 9.90. The van der Waals surface area contributed by atoms with Crippen LogP contribution in [0.5, 0.6) is 5.75 Å². The minimum absolute atomic E-state index is 0.0488. The molecule has 6 atom stereocenters. The van der Waals surface area contributed by atoms with Crippen molar-refractivity contribution < 1.29 is 14.9 Å². The number of fused-ring (bicyclic) bond motifs is 5. The first kappa shape index (κ1) is 19.7. The molecule has 6 nitrogen and oxygen atoms in total. The molecule has 160 valence electrons. The Bertz CT molecular complexity index is 893. The Labute approximate surface area is 177 Å². The number of nitro groups is 1. The van der Waals surface area contributed by atoms with Crippen LogP contribution in [-0.4, -0.2) is 21.8 Å². The highest BCUT2D eigenvalue weighted by Gasteiger charge is 2.55. The monoisotopic (exact) mass is 410 g/mol. The molecule has 3 fully saturated rings. The molecule has 0 amide bonds. The molecule has 1 N–H and O–H groups in total. The van der Waals surface area contributed by atoms with Crippen LogP contribution in [0.1, 0.15) is 58.3 Å². The fourth-order valence-electron chi connectivity index (χ4n) is 6.98. The highest BCUT2D eigenvalue weighted by Crippen LogP contribution is 2.61. The van der Waals surface area contributed by atoms with Gasteiger partial charge in [0.05, 0.1) is 16.7 Å². The average molecular weight is 411 g/mol. The first-order valence-electron chi connectivity index (χ1n) is 11.3. The Morgan fingerprint density at radius 2 is 1.90 bits per heavy atom. The lowest BCUT2D eigenvalue weighted by atomic mass is 9.52. The second kappa shape index (κ2) is 7.49. The summed E-state index contributed by atoms with van der Waals surface area (Å²) in [6, 6.07) is 6.04. The summed E-state index contributed by atoms with van der Waals surface area (Å²) >= 11 is 0. The Morgan fingerprint density at radius 3 is 2.67 bits per heavy atom. The first-order chi connectivity index (χ1) is 14.5. The minimum Gasteiger partial charge on any atom is -0.393 e. The van der Waals surface area contributed by atoms with Gasteiger partial charge < -0.3 is 9.94 Å². The van der Waals surface area contributed by atoms with Gasteiger partial charge in [-0.1, -0.05) is 17.7 Å². The fraction of sp³-hybridized carbons (Fsp3) is 0.625. The summed E-state index contributed by atoms with van der Waals surface area (Å²) in [7, 11) is 0. The fourth-order valence-corrected chi connectivity index (χ4v) is 6.98. The van der Waals surface area contributed by atoms with E-state index in [9.17, 15) is 15.2 Å². The molecular weight excluding hydrogens is 380 g/mol. The Balaban J connectivity index is 1.28. The van der Waals surface area contributed by atoms with Crippen LogP contribution in [0, 0.1) is 39.2 Å². The van der Waals surface area contributed by atoms with Crippen molar-refractivity contribution in [2.45, 2.75) is 64.4 Å². The molecule has 0 saturated heterocycles. The lowest BCUT2D eigenvalue weighted by Gasteiger charge is -2.53. The van der Waals surface area contributed by atoms with Gasteiger partial charge in [0.25, 0.3) is 5.69 Å². The van der Waals surface area contributed by atoms with E-state index >= 15 is 0 Å². The molecule has 0 radical (unpaired) electrons. The number of non-ortho nitro benzene ring substituents is 1. The van der Waals surface area contributed by atoms with Crippen LogP contribution in [0.2, 0.25) is 0 Å². The zero-order valence-corrected chi connectivity index (χ0v) is 17.5. The molecule has 6 heteroatoms. The van der Waals surface area contributed by atoms with Crippen molar-refractivity contribution in [3.05, 3.63) is 46.0 Å². The third kappa shape index (κ3) is 3.25. The number of nitro benzene ring substituents is 1. The summed E-state index contributed by atoms with van der Waals surface area (Å²) in [5.41, 5.74) is 2.68. The maximum atomic E-state index is 10.8. The van der Waals surface area contributed by atoms with E-state index in [-0.39, 0.29) is 17.2 Å². The number of benzene rings is 1. The van der Waals surface area contributed by atoms with Gasteiger partial charge in [0.2, 0.25) is 0 Å². The van der Waals surface area contributed by atoms with Gasteiger partial charge in [-0.05, 0) is 98.7 Å². The molecule has 1 aromatic carbocycles. The van der Waals surface area contributed by atoms with Crippen LogP contribution in [-0.2, 0) is 0 Å². The zero-order chi connectivity index (χ0) is 20.9. The van der Waals surface area contributed by atoms with Crippen molar-refractivity contribution in [3.63, 3.8) is 0 Å². The van der Waals surface area contributed by atoms with Crippen molar-refractivity contribution in [2.75, 3.05) is 0 Å². The predicted molar refractivity (Wildman–Crippen MR) is 114 cm³/mol. The SMILES string of the molecule is CC12CCC3C4CC/C(=N\Oc5ccc([N+](=O)[O-])cc5)C=C4CCC3C1CC[C@@H]2O. The topological polar surface area (TPSA) is 85.0 Å². The Kier molecular flexibility index (Phi) is 4.92. The Hall–Kier alpha value is -2.21.